The van der Waals surface area contributed by atoms with Crippen molar-refractivity contribution in [2.24, 2.45) is 12.5 Å². The fraction of sp³-hybridized carbons (Fsp3) is 0.400. The molecule has 4 aliphatic rings. The van der Waals surface area contributed by atoms with Crippen LogP contribution in [0.1, 0.15) is 66.1 Å². The number of aryl methyl sites for hydroxylation is 1. The van der Waals surface area contributed by atoms with E-state index in [1.165, 1.54) is 17.7 Å². The Bertz CT molecular complexity index is 1890. The van der Waals surface area contributed by atoms with E-state index < -0.39 is 5.92 Å². The number of aromatic nitrogens is 4. The molecule has 2 saturated heterocycles. The summed E-state index contributed by atoms with van der Waals surface area (Å²) in [6.45, 7) is 3.84. The first-order chi connectivity index (χ1) is 22.1. The summed E-state index contributed by atoms with van der Waals surface area (Å²) in [5.41, 5.74) is 4.01. The van der Waals surface area contributed by atoms with Crippen molar-refractivity contribution in [1.29, 1.82) is 0 Å². The largest absolute Gasteiger partial charge is 0.317 e. The summed E-state index contributed by atoms with van der Waals surface area (Å²) in [5, 5.41) is 8.35. The SMILES string of the molecule is Cn1cnnc1-c1ccccc1-c1cc(N2CCCC2=O)nc(N2Cc3c(cc(CN4CCC5(CC5)C4)cc3C(C)(F)F)C2=O)c1. The molecule has 3 fully saturated rings. The number of carbonyl (C=O) groups excluding carboxylic acids is 2. The molecule has 0 bridgehead atoms. The number of rotatable bonds is 7. The summed E-state index contributed by atoms with van der Waals surface area (Å²) >= 11 is 0. The Labute approximate surface area is 265 Å². The number of nitrogens with zero attached hydrogens (tertiary/aromatic N) is 7. The minimum atomic E-state index is -3.13. The predicted octanol–water partition coefficient (Wildman–Crippen LogP) is 5.93. The average molecular weight is 624 g/mol. The van der Waals surface area contributed by atoms with E-state index in [-0.39, 0.29) is 23.9 Å². The van der Waals surface area contributed by atoms with Crippen LogP contribution < -0.4 is 9.80 Å². The van der Waals surface area contributed by atoms with E-state index in [2.05, 4.69) is 15.1 Å². The van der Waals surface area contributed by atoms with Gasteiger partial charge in [0.15, 0.2) is 5.82 Å². The maximum Gasteiger partial charge on any atom is 0.270 e. The van der Waals surface area contributed by atoms with E-state index in [1.807, 2.05) is 41.9 Å². The number of hydrogen-bond acceptors (Lipinski definition) is 6. The number of halogens is 2. The molecule has 0 radical (unpaired) electrons. The van der Waals surface area contributed by atoms with E-state index >= 15 is 8.78 Å². The zero-order valence-corrected chi connectivity index (χ0v) is 26.0. The molecule has 2 amide bonds. The highest BCUT2D eigenvalue weighted by Crippen LogP contribution is 2.53. The first kappa shape index (κ1) is 28.9. The van der Waals surface area contributed by atoms with Crippen LogP contribution in [0.2, 0.25) is 0 Å². The number of benzene rings is 2. The second-order valence-corrected chi connectivity index (χ2v) is 13.4. The quantitative estimate of drug-likeness (QED) is 0.254. The Morgan fingerprint density at radius 1 is 0.935 bits per heavy atom. The molecule has 1 aliphatic carbocycles. The Hall–Kier alpha value is -4.51. The highest BCUT2D eigenvalue weighted by molar-refractivity contribution is 6.10. The molecule has 1 spiro atoms. The fourth-order valence-corrected chi connectivity index (χ4v) is 7.42. The third-order valence-electron chi connectivity index (χ3n) is 10.1. The molecular weight excluding hydrogens is 588 g/mol. The average Bonchev–Trinajstić information content (AvgIpc) is 3.38. The number of hydrogen-bond donors (Lipinski definition) is 0. The van der Waals surface area contributed by atoms with Gasteiger partial charge in [0.25, 0.3) is 11.8 Å². The van der Waals surface area contributed by atoms with Gasteiger partial charge in [-0.25, -0.2) is 13.8 Å². The topological polar surface area (TPSA) is 87.5 Å². The van der Waals surface area contributed by atoms with E-state index in [0.717, 1.165) is 48.7 Å². The van der Waals surface area contributed by atoms with Gasteiger partial charge in [0.2, 0.25) is 5.91 Å². The maximum absolute atomic E-state index is 15.2. The molecule has 0 N–H and O–H groups in total. The lowest BCUT2D eigenvalue weighted by atomic mass is 9.95. The van der Waals surface area contributed by atoms with Crippen molar-refractivity contribution in [3.63, 3.8) is 0 Å². The van der Waals surface area contributed by atoms with Crippen molar-refractivity contribution in [3.05, 3.63) is 77.1 Å². The van der Waals surface area contributed by atoms with Crippen molar-refractivity contribution < 1.29 is 18.4 Å². The molecule has 236 valence electrons. The van der Waals surface area contributed by atoms with Crippen LogP contribution >= 0.6 is 0 Å². The van der Waals surface area contributed by atoms with E-state index in [1.54, 1.807) is 29.4 Å². The van der Waals surface area contributed by atoms with E-state index in [4.69, 9.17) is 4.98 Å². The molecule has 9 nitrogen and oxygen atoms in total. The molecule has 2 aromatic carbocycles. The second-order valence-electron chi connectivity index (χ2n) is 13.4. The first-order valence-electron chi connectivity index (χ1n) is 15.9. The van der Waals surface area contributed by atoms with Gasteiger partial charge in [-0.05, 0) is 84.2 Å². The number of amides is 2. The summed E-state index contributed by atoms with van der Waals surface area (Å²) in [4.78, 5) is 37.3. The molecule has 46 heavy (non-hydrogen) atoms. The van der Waals surface area contributed by atoms with Crippen LogP contribution in [0.5, 0.6) is 0 Å². The maximum atomic E-state index is 15.2. The highest BCUT2D eigenvalue weighted by Gasteiger charge is 2.47. The van der Waals surface area contributed by atoms with Crippen LogP contribution in [0.25, 0.3) is 22.5 Å². The van der Waals surface area contributed by atoms with Gasteiger partial charge in [-0.15, -0.1) is 10.2 Å². The summed E-state index contributed by atoms with van der Waals surface area (Å²) in [6.07, 6.45) is 6.37. The third kappa shape index (κ3) is 4.97. The fourth-order valence-electron chi connectivity index (χ4n) is 7.42. The Morgan fingerprint density at radius 3 is 2.35 bits per heavy atom. The van der Waals surface area contributed by atoms with Crippen LogP contribution in [0.3, 0.4) is 0 Å². The smallest absolute Gasteiger partial charge is 0.270 e. The summed E-state index contributed by atoms with van der Waals surface area (Å²) < 4.78 is 32.2. The standard InChI is InChI=1S/C35H35F2N7O2/c1-34(36,37)28-15-22(18-42-13-11-35(20-42)9-10-35)14-26-27(28)19-44(33(26)46)30-17-23(16-29(39-30)43-12-5-8-31(43)45)24-6-3-4-7-25(24)32-40-38-21-41(32)2/h3-4,6-7,14-17,21H,5,8-13,18-20H2,1-2H3. The van der Waals surface area contributed by atoms with Gasteiger partial charge in [-0.1, -0.05) is 24.3 Å². The van der Waals surface area contributed by atoms with Crippen LogP contribution in [0.4, 0.5) is 20.4 Å². The van der Waals surface area contributed by atoms with E-state index in [0.29, 0.717) is 59.9 Å². The molecule has 5 heterocycles. The van der Waals surface area contributed by atoms with Gasteiger partial charge in [-0.2, -0.15) is 0 Å². The minimum Gasteiger partial charge on any atom is -0.317 e. The lowest BCUT2D eigenvalue weighted by Gasteiger charge is -2.22. The predicted molar refractivity (Wildman–Crippen MR) is 169 cm³/mol. The molecule has 3 aliphatic heterocycles. The van der Waals surface area contributed by atoms with Crippen molar-refractivity contribution in [1.82, 2.24) is 24.6 Å². The van der Waals surface area contributed by atoms with Gasteiger partial charge in [0.05, 0.1) is 6.54 Å². The molecule has 11 heteroatoms. The van der Waals surface area contributed by atoms with Crippen LogP contribution in [-0.2, 0) is 30.9 Å². The van der Waals surface area contributed by atoms with Crippen LogP contribution in [-0.4, -0.2) is 56.1 Å². The Kier molecular flexibility index (Phi) is 6.61. The minimum absolute atomic E-state index is 0.0329. The number of pyridine rings is 1. The lowest BCUT2D eigenvalue weighted by molar-refractivity contribution is -0.117. The molecule has 2 aromatic heterocycles. The Balaban J connectivity index is 1.21. The normalized spacial score (nSPS) is 19.1. The van der Waals surface area contributed by atoms with Crippen molar-refractivity contribution in [2.75, 3.05) is 29.4 Å². The van der Waals surface area contributed by atoms with Gasteiger partial charge in [0, 0.05) is 56.7 Å². The van der Waals surface area contributed by atoms with Gasteiger partial charge in [0.1, 0.15) is 18.0 Å². The number of fused-ring (bicyclic) bond motifs is 1. The molecule has 0 unspecified atom stereocenters. The second kappa shape index (κ2) is 10.5. The molecular formula is C35H35F2N7O2. The summed E-state index contributed by atoms with van der Waals surface area (Å²) in [5.74, 6) is -2.14. The van der Waals surface area contributed by atoms with Crippen molar-refractivity contribution >= 4 is 23.5 Å². The first-order valence-corrected chi connectivity index (χ1v) is 15.9. The summed E-state index contributed by atoms with van der Waals surface area (Å²) in [6, 6.07) is 14.7. The van der Waals surface area contributed by atoms with Crippen LogP contribution in [0, 0.1) is 5.41 Å². The van der Waals surface area contributed by atoms with E-state index in [9.17, 15) is 9.59 Å². The van der Waals surface area contributed by atoms with Gasteiger partial charge in [-0.3, -0.25) is 24.3 Å². The van der Waals surface area contributed by atoms with Crippen molar-refractivity contribution in [2.45, 2.75) is 58.0 Å². The lowest BCUT2D eigenvalue weighted by Crippen LogP contribution is -2.28. The number of alkyl halides is 2. The Morgan fingerprint density at radius 2 is 1.70 bits per heavy atom. The summed E-state index contributed by atoms with van der Waals surface area (Å²) in [7, 11) is 1.86. The van der Waals surface area contributed by atoms with Crippen LogP contribution in [0.15, 0.2) is 54.9 Å². The van der Waals surface area contributed by atoms with Gasteiger partial charge < -0.3 is 4.57 Å². The molecule has 0 atom stereocenters. The number of likely N-dealkylation sites (tertiary alicyclic amines) is 1. The molecule has 4 aromatic rings. The zero-order chi connectivity index (χ0) is 31.8. The number of anilines is 2. The molecule has 8 rings (SSSR count). The zero-order valence-electron chi connectivity index (χ0n) is 26.0. The monoisotopic (exact) mass is 623 g/mol. The number of carbonyl (C=O) groups is 2. The molecule has 1 saturated carbocycles. The highest BCUT2D eigenvalue weighted by atomic mass is 19.3. The van der Waals surface area contributed by atoms with Gasteiger partial charge >= 0.3 is 0 Å². The third-order valence-corrected chi connectivity index (χ3v) is 10.1. The van der Waals surface area contributed by atoms with Crippen molar-refractivity contribution in [3.8, 4) is 22.5 Å².